The van der Waals surface area contributed by atoms with Crippen molar-refractivity contribution in [2.75, 3.05) is 16.8 Å². The Morgan fingerprint density at radius 2 is 1.56 bits per heavy atom. The first-order valence-electron chi connectivity index (χ1n) is 11.6. The topological polar surface area (TPSA) is 88.9 Å². The Hall–Kier alpha value is -4.65. The lowest BCUT2D eigenvalue weighted by Gasteiger charge is -2.24. The molecule has 0 saturated carbocycles. The van der Waals surface area contributed by atoms with E-state index in [4.69, 9.17) is 9.15 Å². The van der Waals surface area contributed by atoms with E-state index in [9.17, 15) is 14.4 Å². The largest absolute Gasteiger partial charge is 0.459 e. The van der Waals surface area contributed by atoms with E-state index < -0.39 is 18.5 Å². The molecule has 1 N–H and O–H groups in total. The predicted molar refractivity (Wildman–Crippen MR) is 136 cm³/mol. The SMILES string of the molecule is Cc1ccc(C(=O)OCC(=O)N2c3ccccc3CCc3ccccc32)cc1NC(=O)c1ccco1. The summed E-state index contributed by atoms with van der Waals surface area (Å²) in [5.74, 6) is -1.27. The highest BCUT2D eigenvalue weighted by Crippen LogP contribution is 2.36. The number of ether oxygens (including phenoxy) is 1. The summed E-state index contributed by atoms with van der Waals surface area (Å²) in [7, 11) is 0. The van der Waals surface area contributed by atoms with Gasteiger partial charge in [0, 0.05) is 5.69 Å². The zero-order valence-corrected chi connectivity index (χ0v) is 19.7. The molecule has 0 atom stereocenters. The first-order valence-corrected chi connectivity index (χ1v) is 11.6. The van der Waals surface area contributed by atoms with E-state index >= 15 is 0 Å². The van der Waals surface area contributed by atoms with Crippen LogP contribution in [0.15, 0.2) is 89.5 Å². The van der Waals surface area contributed by atoms with Gasteiger partial charge in [0.05, 0.1) is 23.2 Å². The Kier molecular flexibility index (Phi) is 6.36. The number of anilines is 3. The van der Waals surface area contributed by atoms with E-state index in [2.05, 4.69) is 5.32 Å². The van der Waals surface area contributed by atoms with Gasteiger partial charge >= 0.3 is 5.97 Å². The van der Waals surface area contributed by atoms with Gasteiger partial charge in [-0.3, -0.25) is 14.5 Å². The van der Waals surface area contributed by atoms with Crippen molar-refractivity contribution in [3.05, 3.63) is 113 Å². The molecule has 0 aliphatic carbocycles. The van der Waals surface area contributed by atoms with Crippen molar-refractivity contribution in [2.24, 2.45) is 0 Å². The fraction of sp³-hybridized carbons (Fsp3) is 0.138. The summed E-state index contributed by atoms with van der Waals surface area (Å²) in [6.07, 6.45) is 3.03. The number of hydrogen-bond acceptors (Lipinski definition) is 5. The third-order valence-electron chi connectivity index (χ3n) is 6.17. The van der Waals surface area contributed by atoms with Crippen LogP contribution in [-0.2, 0) is 22.4 Å². The van der Waals surface area contributed by atoms with Crippen LogP contribution in [0.5, 0.6) is 0 Å². The van der Waals surface area contributed by atoms with Crippen LogP contribution in [0.2, 0.25) is 0 Å². The second kappa shape index (κ2) is 9.92. The zero-order valence-electron chi connectivity index (χ0n) is 19.7. The van der Waals surface area contributed by atoms with Crippen molar-refractivity contribution in [3.8, 4) is 0 Å². The highest BCUT2D eigenvalue weighted by molar-refractivity contribution is 6.05. The number of nitrogens with zero attached hydrogens (tertiary/aromatic N) is 1. The van der Waals surface area contributed by atoms with Gasteiger partial charge in [0.15, 0.2) is 12.4 Å². The molecule has 4 aromatic rings. The van der Waals surface area contributed by atoms with Gasteiger partial charge in [-0.2, -0.15) is 0 Å². The molecule has 2 amide bonds. The van der Waals surface area contributed by atoms with Crippen molar-refractivity contribution in [1.82, 2.24) is 0 Å². The molecule has 1 aliphatic rings. The van der Waals surface area contributed by atoms with E-state index in [1.54, 1.807) is 29.2 Å². The van der Waals surface area contributed by atoms with Crippen LogP contribution in [0.1, 0.15) is 37.6 Å². The predicted octanol–water partition coefficient (Wildman–Crippen LogP) is 5.46. The van der Waals surface area contributed by atoms with Gasteiger partial charge in [-0.05, 0) is 72.9 Å². The minimum absolute atomic E-state index is 0.158. The standard InChI is InChI=1S/C29H24N2O5/c1-19-12-13-22(17-23(19)30-28(33)26-11-6-16-35-26)29(34)36-18-27(32)31-24-9-4-2-7-20(24)14-15-21-8-3-5-10-25(21)31/h2-13,16-17H,14-15,18H2,1H3,(H,30,33). The summed E-state index contributed by atoms with van der Waals surface area (Å²) in [6, 6.07) is 23.5. The Morgan fingerprint density at radius 1 is 0.889 bits per heavy atom. The maximum Gasteiger partial charge on any atom is 0.338 e. The summed E-state index contributed by atoms with van der Waals surface area (Å²) in [5, 5.41) is 2.74. The van der Waals surface area contributed by atoms with E-state index in [0.717, 1.165) is 40.9 Å². The second-order valence-electron chi connectivity index (χ2n) is 8.52. The first kappa shape index (κ1) is 23.1. The third-order valence-corrected chi connectivity index (χ3v) is 6.17. The number of fused-ring (bicyclic) bond motifs is 2. The number of carbonyl (C=O) groups excluding carboxylic acids is 3. The third kappa shape index (κ3) is 4.63. The first-order chi connectivity index (χ1) is 17.5. The molecule has 0 bridgehead atoms. The summed E-state index contributed by atoms with van der Waals surface area (Å²) in [5.41, 5.74) is 5.14. The van der Waals surface area contributed by atoms with Crippen molar-refractivity contribution >= 4 is 34.8 Å². The van der Waals surface area contributed by atoms with Crippen LogP contribution in [0.25, 0.3) is 0 Å². The summed E-state index contributed by atoms with van der Waals surface area (Å²) >= 11 is 0. The second-order valence-corrected chi connectivity index (χ2v) is 8.52. The quantitative estimate of drug-likeness (QED) is 0.383. The average Bonchev–Trinajstić information content (AvgIpc) is 3.38. The Bertz CT molecular complexity index is 1390. The fourth-order valence-electron chi connectivity index (χ4n) is 4.30. The van der Waals surface area contributed by atoms with E-state index in [1.165, 1.54) is 12.3 Å². The molecule has 7 nitrogen and oxygen atoms in total. The normalized spacial score (nSPS) is 12.2. The van der Waals surface area contributed by atoms with Crippen LogP contribution in [0, 0.1) is 6.92 Å². The Morgan fingerprint density at radius 3 is 2.19 bits per heavy atom. The summed E-state index contributed by atoms with van der Waals surface area (Å²) in [4.78, 5) is 40.2. The summed E-state index contributed by atoms with van der Waals surface area (Å²) < 4.78 is 10.5. The molecule has 36 heavy (non-hydrogen) atoms. The smallest absolute Gasteiger partial charge is 0.338 e. The molecule has 180 valence electrons. The number of benzene rings is 3. The van der Waals surface area contributed by atoms with Crippen LogP contribution in [-0.4, -0.2) is 24.4 Å². The monoisotopic (exact) mass is 480 g/mol. The van der Waals surface area contributed by atoms with Crippen molar-refractivity contribution in [3.63, 3.8) is 0 Å². The maximum atomic E-state index is 13.4. The van der Waals surface area contributed by atoms with Crippen molar-refractivity contribution in [2.45, 2.75) is 19.8 Å². The number of furan rings is 1. The molecular formula is C29H24N2O5. The molecule has 0 saturated heterocycles. The number of rotatable bonds is 5. The fourth-order valence-corrected chi connectivity index (χ4v) is 4.30. The highest BCUT2D eigenvalue weighted by atomic mass is 16.5. The molecule has 5 rings (SSSR count). The molecule has 7 heteroatoms. The molecule has 1 aromatic heterocycles. The van der Waals surface area contributed by atoms with Gasteiger partial charge in [0.2, 0.25) is 0 Å². The van der Waals surface area contributed by atoms with Crippen LogP contribution >= 0.6 is 0 Å². The molecule has 2 heterocycles. The highest BCUT2D eigenvalue weighted by Gasteiger charge is 2.26. The number of esters is 1. The van der Waals surface area contributed by atoms with Crippen LogP contribution < -0.4 is 10.2 Å². The van der Waals surface area contributed by atoms with E-state index in [0.29, 0.717) is 5.69 Å². The van der Waals surface area contributed by atoms with Crippen molar-refractivity contribution < 1.29 is 23.5 Å². The lowest BCUT2D eigenvalue weighted by atomic mass is 10.0. The van der Waals surface area contributed by atoms with Crippen LogP contribution in [0.3, 0.4) is 0 Å². The summed E-state index contributed by atoms with van der Waals surface area (Å²) in [6.45, 7) is 1.38. The number of amides is 2. The Labute approximate surface area is 208 Å². The molecular weight excluding hydrogens is 456 g/mol. The van der Waals surface area contributed by atoms with Gasteiger partial charge < -0.3 is 14.5 Å². The molecule has 0 fully saturated rings. The minimum atomic E-state index is -0.659. The molecule has 3 aromatic carbocycles. The number of nitrogens with one attached hydrogen (secondary N) is 1. The molecule has 1 aliphatic heterocycles. The molecule has 0 unspecified atom stereocenters. The molecule has 0 radical (unpaired) electrons. The molecule has 0 spiro atoms. The van der Waals surface area contributed by atoms with Gasteiger partial charge in [-0.15, -0.1) is 0 Å². The van der Waals surface area contributed by atoms with Gasteiger partial charge in [0.25, 0.3) is 11.8 Å². The number of hydrogen-bond donors (Lipinski definition) is 1. The number of carbonyl (C=O) groups is 3. The number of para-hydroxylation sites is 2. The van der Waals surface area contributed by atoms with Gasteiger partial charge in [-0.1, -0.05) is 42.5 Å². The zero-order chi connectivity index (χ0) is 25.1. The Balaban J connectivity index is 1.33. The lowest BCUT2D eigenvalue weighted by Crippen LogP contribution is -2.31. The van der Waals surface area contributed by atoms with Crippen LogP contribution in [0.4, 0.5) is 17.1 Å². The minimum Gasteiger partial charge on any atom is -0.459 e. The van der Waals surface area contributed by atoms with Gasteiger partial charge in [0.1, 0.15) is 0 Å². The van der Waals surface area contributed by atoms with E-state index in [-0.39, 0.29) is 17.2 Å². The van der Waals surface area contributed by atoms with Gasteiger partial charge in [-0.25, -0.2) is 4.79 Å². The number of aryl methyl sites for hydroxylation is 3. The average molecular weight is 481 g/mol. The lowest BCUT2D eigenvalue weighted by molar-refractivity contribution is -0.120. The van der Waals surface area contributed by atoms with E-state index in [1.807, 2.05) is 55.5 Å². The van der Waals surface area contributed by atoms with Crippen molar-refractivity contribution in [1.29, 1.82) is 0 Å². The maximum absolute atomic E-state index is 13.4.